The van der Waals surface area contributed by atoms with Gasteiger partial charge in [-0.1, -0.05) is 17.7 Å². The first-order chi connectivity index (χ1) is 8.65. The van der Waals surface area contributed by atoms with Gasteiger partial charge in [0.1, 0.15) is 0 Å². The second-order valence-corrected chi connectivity index (χ2v) is 4.67. The lowest BCUT2D eigenvalue weighted by Crippen LogP contribution is -2.30. The molecule has 0 fully saturated rings. The zero-order valence-electron chi connectivity index (χ0n) is 10.5. The monoisotopic (exact) mass is 264 g/mol. The first-order valence-electron chi connectivity index (χ1n) is 5.90. The van der Waals surface area contributed by atoms with E-state index in [1.807, 2.05) is 36.7 Å². The third-order valence-electron chi connectivity index (χ3n) is 2.91. The smallest absolute Gasteiger partial charge is 0.0878 e. The maximum Gasteiger partial charge on any atom is 0.0878 e. The maximum absolute atomic E-state index is 6.10. The van der Waals surface area contributed by atoms with Gasteiger partial charge in [0.25, 0.3) is 0 Å². The van der Waals surface area contributed by atoms with Crippen LogP contribution in [0.1, 0.15) is 29.8 Å². The van der Waals surface area contributed by atoms with E-state index in [0.29, 0.717) is 5.02 Å². The van der Waals surface area contributed by atoms with Crippen LogP contribution in [0.5, 0.6) is 0 Å². The van der Waals surface area contributed by atoms with Crippen LogP contribution >= 0.6 is 11.6 Å². The van der Waals surface area contributed by atoms with Crippen molar-refractivity contribution in [3.05, 3.63) is 52.3 Å². The lowest BCUT2D eigenvalue weighted by atomic mass is 10.0. The van der Waals surface area contributed by atoms with Crippen molar-refractivity contribution in [2.75, 3.05) is 0 Å². The summed E-state index contributed by atoms with van der Waals surface area (Å²) in [5.41, 5.74) is 6.01. The number of aromatic nitrogens is 2. The van der Waals surface area contributed by atoms with Crippen molar-refractivity contribution in [3.63, 3.8) is 0 Å². The van der Waals surface area contributed by atoms with E-state index in [1.165, 1.54) is 0 Å². The third kappa shape index (κ3) is 2.56. The average molecular weight is 265 g/mol. The van der Waals surface area contributed by atoms with Crippen molar-refractivity contribution >= 4 is 11.6 Å². The highest BCUT2D eigenvalue weighted by atomic mass is 35.5. The van der Waals surface area contributed by atoms with Gasteiger partial charge in [-0.05, 0) is 43.2 Å². The summed E-state index contributed by atoms with van der Waals surface area (Å²) in [4.78, 5) is 0. The quantitative estimate of drug-likeness (QED) is 0.659. The van der Waals surface area contributed by atoms with Crippen molar-refractivity contribution < 1.29 is 0 Å². The number of hydrazine groups is 1. The SMILES string of the molecule is CCn1nccc1C(NN)c1cc(C)cc(Cl)c1. The Morgan fingerprint density at radius 2 is 2.22 bits per heavy atom. The van der Waals surface area contributed by atoms with Gasteiger partial charge in [-0.15, -0.1) is 0 Å². The number of nitrogens with two attached hydrogens (primary N) is 1. The van der Waals surface area contributed by atoms with Crippen LogP contribution in [-0.2, 0) is 6.54 Å². The highest BCUT2D eigenvalue weighted by Gasteiger charge is 2.17. The van der Waals surface area contributed by atoms with Crippen molar-refractivity contribution in [1.29, 1.82) is 0 Å². The van der Waals surface area contributed by atoms with Crippen molar-refractivity contribution in [2.24, 2.45) is 5.84 Å². The Morgan fingerprint density at radius 3 is 2.83 bits per heavy atom. The minimum atomic E-state index is -0.107. The molecule has 1 aromatic heterocycles. The van der Waals surface area contributed by atoms with Crippen LogP contribution in [-0.4, -0.2) is 9.78 Å². The lowest BCUT2D eigenvalue weighted by Gasteiger charge is -2.18. The van der Waals surface area contributed by atoms with E-state index in [1.54, 1.807) is 6.20 Å². The molecule has 2 rings (SSSR count). The van der Waals surface area contributed by atoms with Crippen LogP contribution in [0, 0.1) is 6.92 Å². The summed E-state index contributed by atoms with van der Waals surface area (Å²) in [5, 5.41) is 4.98. The Hall–Kier alpha value is -1.36. The Kier molecular flexibility index (Phi) is 4.01. The Labute approximate surface area is 112 Å². The lowest BCUT2D eigenvalue weighted by molar-refractivity contribution is 0.543. The molecule has 0 aliphatic carbocycles. The molecule has 1 unspecified atom stereocenters. The molecule has 0 saturated heterocycles. The number of halogens is 1. The van der Waals surface area contributed by atoms with Crippen LogP contribution < -0.4 is 11.3 Å². The van der Waals surface area contributed by atoms with E-state index in [9.17, 15) is 0 Å². The van der Waals surface area contributed by atoms with Crippen molar-refractivity contribution in [3.8, 4) is 0 Å². The molecular formula is C13H17ClN4. The number of nitrogens with zero attached hydrogens (tertiary/aromatic N) is 2. The molecule has 0 radical (unpaired) electrons. The van der Waals surface area contributed by atoms with E-state index in [2.05, 4.69) is 16.6 Å². The van der Waals surface area contributed by atoms with Crippen molar-refractivity contribution in [2.45, 2.75) is 26.4 Å². The highest BCUT2D eigenvalue weighted by Crippen LogP contribution is 2.25. The summed E-state index contributed by atoms with van der Waals surface area (Å²) in [6.45, 7) is 4.87. The van der Waals surface area contributed by atoms with Crippen LogP contribution in [0.3, 0.4) is 0 Å². The summed E-state index contributed by atoms with van der Waals surface area (Å²) in [6.07, 6.45) is 1.78. The van der Waals surface area contributed by atoms with E-state index >= 15 is 0 Å². The third-order valence-corrected chi connectivity index (χ3v) is 3.13. The minimum absolute atomic E-state index is 0.107. The van der Waals surface area contributed by atoms with Crippen molar-refractivity contribution in [1.82, 2.24) is 15.2 Å². The highest BCUT2D eigenvalue weighted by molar-refractivity contribution is 6.30. The van der Waals surface area contributed by atoms with Crippen LogP contribution in [0.25, 0.3) is 0 Å². The Bertz CT molecular complexity index is 515. The molecule has 0 aliphatic rings. The standard InChI is InChI=1S/C13H17ClN4/c1-3-18-12(4-5-16-18)13(17-15)10-6-9(2)7-11(14)8-10/h4-8,13,17H,3,15H2,1-2H3. The Morgan fingerprint density at radius 1 is 1.44 bits per heavy atom. The second-order valence-electron chi connectivity index (χ2n) is 4.23. The molecule has 3 N–H and O–H groups in total. The molecule has 96 valence electrons. The molecule has 0 spiro atoms. The summed E-state index contributed by atoms with van der Waals surface area (Å²) >= 11 is 6.10. The minimum Gasteiger partial charge on any atom is -0.271 e. The number of aryl methyl sites for hydroxylation is 2. The van der Waals surface area contributed by atoms with Gasteiger partial charge in [-0.2, -0.15) is 5.10 Å². The summed E-state index contributed by atoms with van der Waals surface area (Å²) in [5.74, 6) is 5.69. The van der Waals surface area contributed by atoms with Gasteiger partial charge >= 0.3 is 0 Å². The molecule has 4 nitrogen and oxygen atoms in total. The summed E-state index contributed by atoms with van der Waals surface area (Å²) in [7, 11) is 0. The normalized spacial score (nSPS) is 12.7. The molecule has 1 aromatic carbocycles. The van der Waals surface area contributed by atoms with E-state index < -0.39 is 0 Å². The molecule has 18 heavy (non-hydrogen) atoms. The van der Waals surface area contributed by atoms with Gasteiger partial charge in [0.15, 0.2) is 0 Å². The molecule has 0 aliphatic heterocycles. The van der Waals surface area contributed by atoms with Crippen LogP contribution in [0.4, 0.5) is 0 Å². The number of nitrogens with one attached hydrogen (secondary N) is 1. The van der Waals surface area contributed by atoms with Gasteiger partial charge in [-0.3, -0.25) is 10.5 Å². The van der Waals surface area contributed by atoms with Gasteiger partial charge in [0.2, 0.25) is 0 Å². The van der Waals surface area contributed by atoms with Gasteiger partial charge < -0.3 is 0 Å². The van der Waals surface area contributed by atoms with Gasteiger partial charge in [-0.25, -0.2) is 5.43 Å². The summed E-state index contributed by atoms with van der Waals surface area (Å²) < 4.78 is 1.92. The average Bonchev–Trinajstić information content (AvgIpc) is 2.77. The van der Waals surface area contributed by atoms with Crippen LogP contribution in [0.2, 0.25) is 5.02 Å². The first-order valence-corrected chi connectivity index (χ1v) is 6.28. The molecule has 0 amide bonds. The summed E-state index contributed by atoms with van der Waals surface area (Å²) in [6, 6.07) is 7.78. The fourth-order valence-corrected chi connectivity index (χ4v) is 2.43. The molecule has 5 heteroatoms. The zero-order valence-corrected chi connectivity index (χ0v) is 11.3. The largest absolute Gasteiger partial charge is 0.271 e. The molecule has 0 saturated carbocycles. The van der Waals surface area contributed by atoms with E-state index in [4.69, 9.17) is 17.4 Å². The number of benzene rings is 1. The fraction of sp³-hybridized carbons (Fsp3) is 0.308. The fourth-order valence-electron chi connectivity index (χ4n) is 2.14. The van der Waals surface area contributed by atoms with E-state index in [-0.39, 0.29) is 6.04 Å². The maximum atomic E-state index is 6.10. The topological polar surface area (TPSA) is 55.9 Å². The molecular weight excluding hydrogens is 248 g/mol. The van der Waals surface area contributed by atoms with Gasteiger partial charge in [0, 0.05) is 17.8 Å². The predicted molar refractivity (Wildman–Crippen MR) is 73.3 cm³/mol. The number of hydrogen-bond acceptors (Lipinski definition) is 3. The number of rotatable bonds is 4. The molecule has 0 bridgehead atoms. The molecule has 2 aromatic rings. The van der Waals surface area contributed by atoms with E-state index in [0.717, 1.165) is 23.4 Å². The van der Waals surface area contributed by atoms with Crippen LogP contribution in [0.15, 0.2) is 30.5 Å². The second kappa shape index (κ2) is 5.52. The zero-order chi connectivity index (χ0) is 13.1. The molecule has 1 heterocycles. The number of hydrogen-bond donors (Lipinski definition) is 2. The first kappa shape index (κ1) is 13.1. The Balaban J connectivity index is 2.45. The predicted octanol–water partition coefficient (Wildman–Crippen LogP) is 2.42. The molecule has 1 atom stereocenters. The van der Waals surface area contributed by atoms with Gasteiger partial charge in [0.05, 0.1) is 11.7 Å².